The SMILES string of the molecule is CN(C(=O)Oc1ccccc1)c1cccc(CN)c1. The molecule has 0 saturated heterocycles. The van der Waals surface area contributed by atoms with Gasteiger partial charge in [-0.25, -0.2) is 4.79 Å². The van der Waals surface area contributed by atoms with Gasteiger partial charge in [0.05, 0.1) is 0 Å². The highest BCUT2D eigenvalue weighted by Gasteiger charge is 2.13. The van der Waals surface area contributed by atoms with Gasteiger partial charge >= 0.3 is 6.09 Å². The number of carbonyl (C=O) groups excluding carboxylic acids is 1. The first-order valence-electron chi connectivity index (χ1n) is 6.00. The van der Waals surface area contributed by atoms with Crippen LogP contribution in [0.4, 0.5) is 10.5 Å². The van der Waals surface area contributed by atoms with Gasteiger partial charge in [-0.05, 0) is 29.8 Å². The Bertz CT molecular complexity index is 555. The molecule has 0 spiro atoms. The van der Waals surface area contributed by atoms with E-state index < -0.39 is 6.09 Å². The Balaban J connectivity index is 2.10. The Morgan fingerprint density at radius 3 is 2.58 bits per heavy atom. The van der Waals surface area contributed by atoms with E-state index in [9.17, 15) is 4.79 Å². The van der Waals surface area contributed by atoms with Crippen LogP contribution in [0.15, 0.2) is 54.6 Å². The molecule has 0 bridgehead atoms. The first-order valence-corrected chi connectivity index (χ1v) is 6.00. The monoisotopic (exact) mass is 256 g/mol. The van der Waals surface area contributed by atoms with Gasteiger partial charge in [0.25, 0.3) is 0 Å². The number of carbonyl (C=O) groups is 1. The minimum Gasteiger partial charge on any atom is -0.410 e. The van der Waals surface area contributed by atoms with Gasteiger partial charge in [0, 0.05) is 19.3 Å². The zero-order valence-corrected chi connectivity index (χ0v) is 10.7. The van der Waals surface area contributed by atoms with Gasteiger partial charge in [-0.2, -0.15) is 0 Å². The van der Waals surface area contributed by atoms with Gasteiger partial charge < -0.3 is 10.5 Å². The Kier molecular flexibility index (Phi) is 4.15. The van der Waals surface area contributed by atoms with E-state index in [2.05, 4.69) is 0 Å². The highest BCUT2D eigenvalue weighted by Crippen LogP contribution is 2.17. The average Bonchev–Trinajstić information content (AvgIpc) is 2.47. The number of benzene rings is 2. The molecule has 2 aromatic carbocycles. The van der Waals surface area contributed by atoms with E-state index in [0.29, 0.717) is 12.3 Å². The maximum atomic E-state index is 12.0. The molecule has 0 heterocycles. The highest BCUT2D eigenvalue weighted by molar-refractivity contribution is 5.88. The molecule has 0 fully saturated rings. The van der Waals surface area contributed by atoms with Crippen LogP contribution in [0, 0.1) is 0 Å². The summed E-state index contributed by atoms with van der Waals surface area (Å²) in [5.74, 6) is 0.523. The number of rotatable bonds is 3. The molecule has 0 aliphatic heterocycles. The van der Waals surface area contributed by atoms with Gasteiger partial charge in [-0.15, -0.1) is 0 Å². The van der Waals surface area contributed by atoms with Crippen LogP contribution in [0.5, 0.6) is 5.75 Å². The van der Waals surface area contributed by atoms with Crippen LogP contribution in [0.3, 0.4) is 0 Å². The van der Waals surface area contributed by atoms with Crippen LogP contribution in [0.1, 0.15) is 5.56 Å². The normalized spacial score (nSPS) is 10.0. The lowest BCUT2D eigenvalue weighted by Crippen LogP contribution is -2.29. The van der Waals surface area contributed by atoms with Crippen molar-refractivity contribution in [2.75, 3.05) is 11.9 Å². The van der Waals surface area contributed by atoms with E-state index in [0.717, 1.165) is 11.3 Å². The zero-order valence-electron chi connectivity index (χ0n) is 10.7. The Labute approximate surface area is 112 Å². The van der Waals surface area contributed by atoms with Crippen molar-refractivity contribution in [3.05, 3.63) is 60.2 Å². The van der Waals surface area contributed by atoms with Crippen LogP contribution in [-0.4, -0.2) is 13.1 Å². The van der Waals surface area contributed by atoms with E-state index in [4.69, 9.17) is 10.5 Å². The molecule has 0 radical (unpaired) electrons. The molecular weight excluding hydrogens is 240 g/mol. The molecule has 0 saturated carbocycles. The summed E-state index contributed by atoms with van der Waals surface area (Å²) in [6, 6.07) is 16.5. The van der Waals surface area contributed by atoms with Crippen LogP contribution in [-0.2, 0) is 6.54 Å². The van der Waals surface area contributed by atoms with Gasteiger partial charge in [0.15, 0.2) is 0 Å². The summed E-state index contributed by atoms with van der Waals surface area (Å²) in [4.78, 5) is 13.4. The maximum Gasteiger partial charge on any atom is 0.419 e. The highest BCUT2D eigenvalue weighted by atomic mass is 16.6. The minimum absolute atomic E-state index is 0.430. The minimum atomic E-state index is -0.430. The molecule has 0 atom stereocenters. The third-order valence-corrected chi connectivity index (χ3v) is 2.76. The van der Waals surface area contributed by atoms with E-state index >= 15 is 0 Å². The Morgan fingerprint density at radius 1 is 1.16 bits per heavy atom. The fourth-order valence-corrected chi connectivity index (χ4v) is 1.66. The summed E-state index contributed by atoms with van der Waals surface area (Å²) >= 11 is 0. The van der Waals surface area contributed by atoms with Crippen molar-refractivity contribution in [3.8, 4) is 5.75 Å². The molecule has 4 nitrogen and oxygen atoms in total. The maximum absolute atomic E-state index is 12.0. The summed E-state index contributed by atoms with van der Waals surface area (Å²) in [5, 5.41) is 0. The molecule has 4 heteroatoms. The second kappa shape index (κ2) is 6.02. The van der Waals surface area contributed by atoms with Crippen molar-refractivity contribution in [2.24, 2.45) is 5.73 Å². The summed E-state index contributed by atoms with van der Waals surface area (Å²) in [6.07, 6.45) is -0.430. The number of hydrogen-bond acceptors (Lipinski definition) is 3. The first kappa shape index (κ1) is 13.1. The van der Waals surface area contributed by atoms with Crippen molar-refractivity contribution in [1.29, 1.82) is 0 Å². The van der Waals surface area contributed by atoms with E-state index in [-0.39, 0.29) is 0 Å². The number of nitrogens with zero attached hydrogens (tertiary/aromatic N) is 1. The number of anilines is 1. The van der Waals surface area contributed by atoms with Gasteiger partial charge in [-0.3, -0.25) is 4.90 Å². The number of para-hydroxylation sites is 1. The number of amides is 1. The van der Waals surface area contributed by atoms with Crippen molar-refractivity contribution in [1.82, 2.24) is 0 Å². The fraction of sp³-hybridized carbons (Fsp3) is 0.133. The summed E-state index contributed by atoms with van der Waals surface area (Å²) < 4.78 is 5.26. The Hall–Kier alpha value is -2.33. The van der Waals surface area contributed by atoms with Gasteiger partial charge in [0.1, 0.15) is 5.75 Å². The Morgan fingerprint density at radius 2 is 1.89 bits per heavy atom. The van der Waals surface area contributed by atoms with Crippen LogP contribution in [0.25, 0.3) is 0 Å². The molecule has 0 unspecified atom stereocenters. The fourth-order valence-electron chi connectivity index (χ4n) is 1.66. The van der Waals surface area contributed by atoms with Crippen molar-refractivity contribution < 1.29 is 9.53 Å². The molecule has 2 rings (SSSR count). The van der Waals surface area contributed by atoms with E-state index in [1.807, 2.05) is 42.5 Å². The smallest absolute Gasteiger partial charge is 0.410 e. The van der Waals surface area contributed by atoms with E-state index in [1.54, 1.807) is 19.2 Å². The molecule has 98 valence electrons. The van der Waals surface area contributed by atoms with Crippen LogP contribution < -0.4 is 15.4 Å². The van der Waals surface area contributed by atoms with E-state index in [1.165, 1.54) is 4.90 Å². The second-order valence-electron chi connectivity index (χ2n) is 4.11. The third-order valence-electron chi connectivity index (χ3n) is 2.76. The lowest BCUT2D eigenvalue weighted by Gasteiger charge is -2.17. The number of hydrogen-bond donors (Lipinski definition) is 1. The molecule has 2 N–H and O–H groups in total. The molecule has 2 aromatic rings. The number of ether oxygens (including phenoxy) is 1. The third kappa shape index (κ3) is 3.33. The van der Waals surface area contributed by atoms with Gasteiger partial charge in [-0.1, -0.05) is 30.3 Å². The molecule has 0 aliphatic rings. The standard InChI is InChI=1S/C15H16N2O2/c1-17(13-7-5-6-12(10-13)11-16)15(18)19-14-8-3-2-4-9-14/h2-10H,11,16H2,1H3. The molecule has 19 heavy (non-hydrogen) atoms. The second-order valence-corrected chi connectivity index (χ2v) is 4.11. The average molecular weight is 256 g/mol. The predicted octanol–water partition coefficient (Wildman–Crippen LogP) is 2.78. The largest absolute Gasteiger partial charge is 0.419 e. The lowest BCUT2D eigenvalue weighted by molar-refractivity contribution is 0.209. The van der Waals surface area contributed by atoms with Crippen LogP contribution >= 0.6 is 0 Å². The van der Waals surface area contributed by atoms with Crippen molar-refractivity contribution in [2.45, 2.75) is 6.54 Å². The molecule has 1 amide bonds. The summed E-state index contributed by atoms with van der Waals surface area (Å²) in [6.45, 7) is 0.440. The lowest BCUT2D eigenvalue weighted by atomic mass is 10.2. The van der Waals surface area contributed by atoms with Crippen molar-refractivity contribution in [3.63, 3.8) is 0 Å². The number of nitrogens with two attached hydrogens (primary N) is 1. The summed E-state index contributed by atoms with van der Waals surface area (Å²) in [7, 11) is 1.67. The molecule has 0 aromatic heterocycles. The van der Waals surface area contributed by atoms with Gasteiger partial charge in [0.2, 0.25) is 0 Å². The zero-order chi connectivity index (χ0) is 13.7. The molecule has 0 aliphatic carbocycles. The quantitative estimate of drug-likeness (QED) is 0.918. The molecular formula is C15H16N2O2. The topological polar surface area (TPSA) is 55.6 Å². The summed E-state index contributed by atoms with van der Waals surface area (Å²) in [5.41, 5.74) is 7.31. The predicted molar refractivity (Wildman–Crippen MR) is 75.2 cm³/mol. The van der Waals surface area contributed by atoms with Crippen molar-refractivity contribution >= 4 is 11.8 Å². The van der Waals surface area contributed by atoms with Crippen LogP contribution in [0.2, 0.25) is 0 Å². The first-order chi connectivity index (χ1) is 9.20.